The van der Waals surface area contributed by atoms with Gasteiger partial charge in [0.2, 0.25) is 0 Å². The molecule has 0 atom stereocenters. The lowest BCUT2D eigenvalue weighted by Gasteiger charge is -2.25. The standard InChI is InChI=1S/C19H21ClN2/c1-12(2)22-10-9-21-19(15-5-7-16(20)8-6-15)18-14(4)13(3)11-17(18)22/h5-8H,1,9-11H2,2-4H3. The van der Waals surface area contributed by atoms with Crippen LogP contribution in [0, 0.1) is 0 Å². The van der Waals surface area contributed by atoms with Gasteiger partial charge in [-0.25, -0.2) is 0 Å². The summed E-state index contributed by atoms with van der Waals surface area (Å²) in [4.78, 5) is 7.20. The van der Waals surface area contributed by atoms with Crippen LogP contribution in [0.25, 0.3) is 0 Å². The fraction of sp³-hybridized carbons (Fsp3) is 0.316. The number of halogens is 1. The number of nitrogens with zero attached hydrogens (tertiary/aromatic N) is 2. The Morgan fingerprint density at radius 3 is 2.55 bits per heavy atom. The SMILES string of the molecule is C=C(C)N1CCN=C(c2ccc(Cl)cc2)C2=C1CC(C)=C2C. The van der Waals surface area contributed by atoms with Gasteiger partial charge in [0.15, 0.2) is 0 Å². The minimum atomic E-state index is 0.755. The molecule has 3 heteroatoms. The van der Waals surface area contributed by atoms with E-state index in [0.29, 0.717) is 0 Å². The first-order chi connectivity index (χ1) is 10.5. The van der Waals surface area contributed by atoms with Gasteiger partial charge in [0.1, 0.15) is 0 Å². The van der Waals surface area contributed by atoms with E-state index in [1.807, 2.05) is 12.1 Å². The van der Waals surface area contributed by atoms with Crippen LogP contribution in [0.2, 0.25) is 5.02 Å². The van der Waals surface area contributed by atoms with Crippen LogP contribution in [0.1, 0.15) is 32.8 Å². The Bertz CT molecular complexity index is 720. The summed E-state index contributed by atoms with van der Waals surface area (Å²) in [6, 6.07) is 7.98. The van der Waals surface area contributed by atoms with Crippen LogP contribution in [0.4, 0.5) is 0 Å². The van der Waals surface area contributed by atoms with Gasteiger partial charge in [-0.05, 0) is 38.5 Å². The molecule has 0 radical (unpaired) electrons. The number of aliphatic imine (C=N–C) groups is 1. The third-order valence-corrected chi connectivity index (χ3v) is 4.72. The summed E-state index contributed by atoms with van der Waals surface area (Å²) in [5.41, 5.74) is 8.69. The molecule has 1 heterocycles. The predicted molar refractivity (Wildman–Crippen MR) is 94.4 cm³/mol. The van der Waals surface area contributed by atoms with Crippen molar-refractivity contribution in [2.24, 2.45) is 4.99 Å². The van der Waals surface area contributed by atoms with Crippen molar-refractivity contribution in [3.63, 3.8) is 0 Å². The molecule has 0 fully saturated rings. The van der Waals surface area contributed by atoms with Crippen molar-refractivity contribution in [2.45, 2.75) is 27.2 Å². The molecule has 0 N–H and O–H groups in total. The maximum absolute atomic E-state index is 6.03. The second kappa shape index (κ2) is 5.77. The van der Waals surface area contributed by atoms with Gasteiger partial charge >= 0.3 is 0 Å². The summed E-state index contributed by atoms with van der Waals surface area (Å²) in [5.74, 6) is 0. The van der Waals surface area contributed by atoms with E-state index < -0.39 is 0 Å². The van der Waals surface area contributed by atoms with Gasteiger partial charge in [-0.1, -0.05) is 35.9 Å². The summed E-state index contributed by atoms with van der Waals surface area (Å²) < 4.78 is 0. The first-order valence-corrected chi connectivity index (χ1v) is 8.00. The van der Waals surface area contributed by atoms with Gasteiger partial charge < -0.3 is 4.90 Å². The Labute approximate surface area is 137 Å². The van der Waals surface area contributed by atoms with Crippen LogP contribution >= 0.6 is 11.6 Å². The van der Waals surface area contributed by atoms with E-state index in [1.54, 1.807) is 0 Å². The van der Waals surface area contributed by atoms with E-state index in [2.05, 4.69) is 44.4 Å². The number of hydrogen-bond acceptors (Lipinski definition) is 2. The van der Waals surface area contributed by atoms with Crippen LogP contribution in [0.15, 0.2) is 64.0 Å². The quantitative estimate of drug-likeness (QED) is 0.752. The van der Waals surface area contributed by atoms with Crippen LogP contribution < -0.4 is 0 Å². The molecule has 0 unspecified atom stereocenters. The molecule has 1 aromatic carbocycles. The fourth-order valence-corrected chi connectivity index (χ4v) is 3.31. The van der Waals surface area contributed by atoms with E-state index in [-0.39, 0.29) is 0 Å². The molecule has 3 rings (SSSR count). The Morgan fingerprint density at radius 2 is 1.91 bits per heavy atom. The minimum absolute atomic E-state index is 0.755. The molecular formula is C19H21ClN2. The van der Waals surface area contributed by atoms with Crippen molar-refractivity contribution >= 4 is 17.3 Å². The Kier molecular flexibility index (Phi) is 3.96. The maximum Gasteiger partial charge on any atom is 0.0740 e. The van der Waals surface area contributed by atoms with Crippen LogP contribution in [-0.2, 0) is 0 Å². The highest BCUT2D eigenvalue weighted by Crippen LogP contribution is 2.38. The zero-order valence-corrected chi connectivity index (χ0v) is 14.2. The highest BCUT2D eigenvalue weighted by atomic mass is 35.5. The largest absolute Gasteiger partial charge is 0.347 e. The second-order valence-corrected chi connectivity index (χ2v) is 6.46. The highest BCUT2D eigenvalue weighted by Gasteiger charge is 2.29. The predicted octanol–water partition coefficient (Wildman–Crippen LogP) is 4.97. The summed E-state index contributed by atoms with van der Waals surface area (Å²) >= 11 is 6.03. The van der Waals surface area contributed by atoms with Gasteiger partial charge in [-0.15, -0.1) is 0 Å². The molecule has 2 aliphatic rings. The molecule has 0 aromatic heterocycles. The van der Waals surface area contributed by atoms with Crippen LogP contribution in [0.3, 0.4) is 0 Å². The molecule has 0 spiro atoms. The summed E-state index contributed by atoms with van der Waals surface area (Å²) in [7, 11) is 0. The zero-order chi connectivity index (χ0) is 15.9. The lowest BCUT2D eigenvalue weighted by Crippen LogP contribution is -2.23. The second-order valence-electron chi connectivity index (χ2n) is 6.03. The highest BCUT2D eigenvalue weighted by molar-refractivity contribution is 6.30. The number of rotatable bonds is 2. The summed E-state index contributed by atoms with van der Waals surface area (Å²) in [5, 5.41) is 0.755. The van der Waals surface area contributed by atoms with E-state index in [1.165, 1.54) is 22.4 Å². The van der Waals surface area contributed by atoms with Crippen molar-refractivity contribution in [2.75, 3.05) is 13.1 Å². The minimum Gasteiger partial charge on any atom is -0.347 e. The fourth-order valence-electron chi connectivity index (χ4n) is 3.19. The Hall–Kier alpha value is -1.80. The molecule has 1 aliphatic carbocycles. The molecule has 22 heavy (non-hydrogen) atoms. The first-order valence-electron chi connectivity index (χ1n) is 7.62. The number of allylic oxidation sites excluding steroid dienone is 4. The monoisotopic (exact) mass is 312 g/mol. The van der Waals surface area contributed by atoms with Crippen molar-refractivity contribution in [3.05, 3.63) is 69.5 Å². The number of hydrogen-bond donors (Lipinski definition) is 0. The third-order valence-electron chi connectivity index (χ3n) is 4.47. The van der Waals surface area contributed by atoms with E-state index in [0.717, 1.165) is 41.5 Å². The average molecular weight is 313 g/mol. The van der Waals surface area contributed by atoms with Gasteiger partial charge in [0, 0.05) is 40.5 Å². The van der Waals surface area contributed by atoms with Crippen LogP contribution in [0.5, 0.6) is 0 Å². The van der Waals surface area contributed by atoms with Crippen molar-refractivity contribution in [1.82, 2.24) is 4.90 Å². The molecule has 0 bridgehead atoms. The van der Waals surface area contributed by atoms with Crippen molar-refractivity contribution in [3.8, 4) is 0 Å². The van der Waals surface area contributed by atoms with E-state index >= 15 is 0 Å². The lowest BCUT2D eigenvalue weighted by atomic mass is 9.97. The van der Waals surface area contributed by atoms with Crippen LogP contribution in [-0.4, -0.2) is 23.7 Å². The lowest BCUT2D eigenvalue weighted by molar-refractivity contribution is 0.434. The van der Waals surface area contributed by atoms with E-state index in [9.17, 15) is 0 Å². The zero-order valence-electron chi connectivity index (χ0n) is 13.4. The molecule has 2 nitrogen and oxygen atoms in total. The summed E-state index contributed by atoms with van der Waals surface area (Å²) in [6.45, 7) is 12.3. The van der Waals surface area contributed by atoms with Gasteiger partial charge in [-0.3, -0.25) is 4.99 Å². The van der Waals surface area contributed by atoms with Crippen molar-refractivity contribution in [1.29, 1.82) is 0 Å². The molecule has 114 valence electrons. The summed E-state index contributed by atoms with van der Waals surface area (Å²) in [6.07, 6.45) is 0.987. The van der Waals surface area contributed by atoms with Gasteiger partial charge in [0.05, 0.1) is 12.3 Å². The molecule has 1 aromatic rings. The van der Waals surface area contributed by atoms with E-state index in [4.69, 9.17) is 16.6 Å². The number of benzene rings is 1. The third kappa shape index (κ3) is 2.52. The maximum atomic E-state index is 6.03. The molecule has 0 saturated carbocycles. The Morgan fingerprint density at radius 1 is 1.23 bits per heavy atom. The smallest absolute Gasteiger partial charge is 0.0740 e. The van der Waals surface area contributed by atoms with Crippen molar-refractivity contribution < 1.29 is 0 Å². The van der Waals surface area contributed by atoms with Gasteiger partial charge in [-0.2, -0.15) is 0 Å². The molecule has 0 saturated heterocycles. The Balaban J connectivity index is 2.15. The topological polar surface area (TPSA) is 15.6 Å². The van der Waals surface area contributed by atoms with Gasteiger partial charge in [0.25, 0.3) is 0 Å². The normalized spacial score (nSPS) is 18.4. The first kappa shape index (κ1) is 15.1. The average Bonchev–Trinajstić information content (AvgIpc) is 2.67. The molecular weight excluding hydrogens is 292 g/mol. The molecule has 1 aliphatic heterocycles. The molecule has 0 amide bonds.